The predicted octanol–water partition coefficient (Wildman–Crippen LogP) is 13.5. The monoisotopic (exact) mass is 731 g/mol. The van der Waals surface area contributed by atoms with Gasteiger partial charge < -0.3 is 23.7 Å². The van der Waals surface area contributed by atoms with Crippen molar-refractivity contribution < 1.29 is 8.83 Å². The molecule has 6 heteroatoms. The van der Waals surface area contributed by atoms with Gasteiger partial charge in [0.05, 0.1) is 23.0 Å². The number of fused-ring (bicyclic) bond motifs is 9. The van der Waals surface area contributed by atoms with Crippen LogP contribution in [-0.2, 0) is 0 Å². The first-order valence-electron chi connectivity index (χ1n) is 19.1. The van der Waals surface area contributed by atoms with Gasteiger partial charge in [0.25, 0.3) is 0 Å². The molecule has 0 saturated heterocycles. The molecule has 8 aromatic carbocycles. The third-order valence-corrected chi connectivity index (χ3v) is 11.2. The van der Waals surface area contributed by atoms with Crippen molar-refractivity contribution in [3.63, 3.8) is 0 Å². The lowest BCUT2D eigenvalue weighted by Crippen LogP contribution is -2.15. The van der Waals surface area contributed by atoms with Crippen molar-refractivity contribution in [2.45, 2.75) is 6.17 Å². The number of amidine groups is 2. The van der Waals surface area contributed by atoms with Crippen LogP contribution in [0.5, 0.6) is 0 Å². The van der Waals surface area contributed by atoms with E-state index in [9.17, 15) is 0 Å². The first-order chi connectivity index (χ1) is 28.2. The molecule has 0 saturated carbocycles. The van der Waals surface area contributed by atoms with Crippen LogP contribution in [0.1, 0.15) is 22.9 Å². The Morgan fingerprint density at radius 2 is 1.14 bits per heavy atom. The molecule has 1 aliphatic rings. The zero-order valence-corrected chi connectivity index (χ0v) is 30.5. The van der Waals surface area contributed by atoms with E-state index in [1.807, 2.05) is 54.6 Å². The Morgan fingerprint density at radius 1 is 0.456 bits per heavy atom. The molecule has 1 aliphatic heterocycles. The molecule has 11 aromatic rings. The zero-order chi connectivity index (χ0) is 37.5. The van der Waals surface area contributed by atoms with Gasteiger partial charge in [0.15, 0.2) is 0 Å². The molecule has 0 radical (unpaired) electrons. The largest absolute Gasteiger partial charge is 0.456 e. The summed E-state index contributed by atoms with van der Waals surface area (Å²) in [5.74, 6) is 1.29. The predicted molar refractivity (Wildman–Crippen MR) is 233 cm³/mol. The Kier molecular flexibility index (Phi) is 6.89. The van der Waals surface area contributed by atoms with E-state index < -0.39 is 6.17 Å². The van der Waals surface area contributed by atoms with Gasteiger partial charge in [-0.15, -0.1) is 0 Å². The summed E-state index contributed by atoms with van der Waals surface area (Å²) in [7, 11) is 0. The van der Waals surface area contributed by atoms with E-state index in [0.717, 1.165) is 77.4 Å². The van der Waals surface area contributed by atoms with Gasteiger partial charge in [0, 0.05) is 44.1 Å². The van der Waals surface area contributed by atoms with Crippen molar-refractivity contribution in [3.8, 4) is 16.8 Å². The number of hydrogen-bond acceptors (Lipinski definition) is 4. The molecule has 0 aliphatic carbocycles. The summed E-state index contributed by atoms with van der Waals surface area (Å²) < 4.78 is 15.4. The van der Waals surface area contributed by atoms with E-state index in [1.54, 1.807) is 0 Å². The minimum atomic E-state index is -0.398. The zero-order valence-electron chi connectivity index (χ0n) is 30.5. The maximum atomic E-state index is 6.60. The lowest BCUT2D eigenvalue weighted by Gasteiger charge is -2.32. The average Bonchev–Trinajstić information content (AvgIpc) is 3.95. The first kappa shape index (κ1) is 31.6. The number of benzene rings is 8. The normalized spacial score (nSPS) is 14.5. The third kappa shape index (κ3) is 5.04. The summed E-state index contributed by atoms with van der Waals surface area (Å²) in [5, 5.41) is 11.7. The second-order valence-electron chi connectivity index (χ2n) is 14.5. The van der Waals surface area contributed by atoms with Crippen LogP contribution in [0.4, 0.5) is 0 Å². The van der Waals surface area contributed by atoms with Gasteiger partial charge in [-0.2, -0.15) is 0 Å². The van der Waals surface area contributed by atoms with Crippen LogP contribution in [0.3, 0.4) is 0 Å². The van der Waals surface area contributed by atoms with E-state index in [2.05, 4.69) is 132 Å². The molecular weight excluding hydrogens is 701 g/mol. The van der Waals surface area contributed by atoms with Crippen LogP contribution in [-0.4, -0.2) is 16.2 Å². The average molecular weight is 732 g/mol. The van der Waals surface area contributed by atoms with Crippen LogP contribution >= 0.6 is 0 Å². The number of aliphatic imine (C=N–C) groups is 2. The van der Waals surface area contributed by atoms with E-state index in [0.29, 0.717) is 11.7 Å². The van der Waals surface area contributed by atoms with Crippen LogP contribution in [0, 0.1) is 0 Å². The van der Waals surface area contributed by atoms with E-state index in [-0.39, 0.29) is 0 Å². The van der Waals surface area contributed by atoms with Crippen LogP contribution < -0.4 is 0 Å². The highest BCUT2D eigenvalue weighted by Crippen LogP contribution is 2.41. The Hall–Kier alpha value is -7.70. The molecule has 0 N–H and O–H groups in total. The Morgan fingerprint density at radius 3 is 1.95 bits per heavy atom. The van der Waals surface area contributed by atoms with Gasteiger partial charge in [0.2, 0.25) is 0 Å². The number of nitrogens with zero attached hydrogens (tertiary/aromatic N) is 4. The highest BCUT2D eigenvalue weighted by Gasteiger charge is 2.19. The highest BCUT2D eigenvalue weighted by molar-refractivity contribution is 6.20. The maximum Gasteiger partial charge on any atom is 0.137 e. The number of rotatable bonds is 5. The Balaban J connectivity index is 0.941. The van der Waals surface area contributed by atoms with Crippen molar-refractivity contribution >= 4 is 77.4 Å². The van der Waals surface area contributed by atoms with Gasteiger partial charge in [-0.3, -0.25) is 4.99 Å². The maximum absolute atomic E-state index is 6.60. The number of hydrogen-bond donors (Lipinski definition) is 0. The number of para-hydroxylation sites is 2. The molecule has 0 amide bonds. The van der Waals surface area contributed by atoms with Gasteiger partial charge in [0.1, 0.15) is 22.3 Å². The lowest BCUT2D eigenvalue weighted by atomic mass is 9.97. The lowest BCUT2D eigenvalue weighted by molar-refractivity contribution is 0.668. The number of furan rings is 2. The van der Waals surface area contributed by atoms with Crippen molar-refractivity contribution in [1.29, 1.82) is 0 Å². The molecule has 268 valence electrons. The Labute approximate surface area is 326 Å². The standard InChI is InChI=1S/C51H31N4O2/c1-3-12-31(13-4-1)49-52-50(32-14-5-2-6-15-32)54-51(53-49)34-22-25-39-41-28-33(23-27-44(41)56-46(39)29-34)36-18-11-21-45-48(36)40-26-24-35(30-47(40)57-45)55-42-19-9-7-16-37(42)38-17-8-10-20-43(38)55/h1-30,49H/q-1. The molecule has 0 fully saturated rings. The summed E-state index contributed by atoms with van der Waals surface area (Å²) in [4.78, 5) is 9.89. The molecule has 1 atom stereocenters. The molecule has 3 aromatic heterocycles. The van der Waals surface area contributed by atoms with Crippen LogP contribution in [0.2, 0.25) is 0 Å². The van der Waals surface area contributed by atoms with E-state index in [1.165, 1.54) is 21.8 Å². The second kappa shape index (κ2) is 12.4. The quantitative estimate of drug-likeness (QED) is 0.177. The fourth-order valence-corrected chi connectivity index (χ4v) is 8.54. The fraction of sp³-hybridized carbons (Fsp3) is 0.0196. The molecule has 1 unspecified atom stereocenters. The molecule has 0 bridgehead atoms. The molecular formula is C51H31N4O2-. The summed E-state index contributed by atoms with van der Waals surface area (Å²) in [6, 6.07) is 63.0. The molecule has 12 rings (SSSR count). The second-order valence-corrected chi connectivity index (χ2v) is 14.5. The summed E-state index contributed by atoms with van der Waals surface area (Å²) in [6.07, 6.45) is -0.398. The summed E-state index contributed by atoms with van der Waals surface area (Å²) in [5.41, 5.74) is 11.8. The van der Waals surface area contributed by atoms with E-state index in [4.69, 9.17) is 24.1 Å². The molecule has 6 nitrogen and oxygen atoms in total. The van der Waals surface area contributed by atoms with Gasteiger partial charge in [-0.25, -0.2) is 0 Å². The highest BCUT2D eigenvalue weighted by atomic mass is 16.3. The third-order valence-electron chi connectivity index (χ3n) is 11.2. The topological polar surface area (TPSA) is 70.0 Å². The SMILES string of the molecule is c1ccc(C2=NC(c3ccccc3)[N-]C(c3ccc4c(c3)oc3ccc(-c5cccc6oc7cc(-n8c9ccccc9c9ccccc98)ccc7c56)cc34)=N2)cc1. The molecule has 0 spiro atoms. The van der Waals surface area contributed by atoms with Crippen LogP contribution in [0.15, 0.2) is 201 Å². The minimum Gasteiger partial charge on any atom is -0.456 e. The van der Waals surface area contributed by atoms with Gasteiger partial charge >= 0.3 is 0 Å². The fourth-order valence-electron chi connectivity index (χ4n) is 8.54. The van der Waals surface area contributed by atoms with Crippen molar-refractivity contribution in [1.82, 2.24) is 4.57 Å². The van der Waals surface area contributed by atoms with Gasteiger partial charge in [-0.05, 0) is 82.4 Å². The van der Waals surface area contributed by atoms with Crippen molar-refractivity contribution in [3.05, 3.63) is 204 Å². The summed E-state index contributed by atoms with van der Waals surface area (Å²) >= 11 is 0. The van der Waals surface area contributed by atoms with Crippen LogP contribution in [0.25, 0.3) is 87.8 Å². The molecule has 57 heavy (non-hydrogen) atoms. The smallest absolute Gasteiger partial charge is 0.137 e. The summed E-state index contributed by atoms with van der Waals surface area (Å²) in [6.45, 7) is 0. The van der Waals surface area contributed by atoms with Gasteiger partial charge in [-0.1, -0.05) is 127 Å². The minimum absolute atomic E-state index is 0.398. The Bertz CT molecular complexity index is 3390. The van der Waals surface area contributed by atoms with Crippen molar-refractivity contribution in [2.75, 3.05) is 0 Å². The first-order valence-corrected chi connectivity index (χ1v) is 19.1. The number of aromatic nitrogens is 1. The van der Waals surface area contributed by atoms with Crippen molar-refractivity contribution in [2.24, 2.45) is 9.98 Å². The molecule has 4 heterocycles. The van der Waals surface area contributed by atoms with E-state index >= 15 is 0 Å².